The molecule has 1 atom stereocenters. The van der Waals surface area contributed by atoms with E-state index in [-0.39, 0.29) is 10.8 Å². The number of rotatable bonds is 6. The second-order valence-electron chi connectivity index (χ2n) is 3.95. The minimum absolute atomic E-state index is 0.197. The zero-order valence-corrected chi connectivity index (χ0v) is 10.6. The van der Waals surface area contributed by atoms with Gasteiger partial charge in [-0.3, -0.25) is 0 Å². The minimum atomic E-state index is -0.323. The Bertz CT molecular complexity index is 328. The standard InChI is InChI=1S/C13H19ClFN/c1-3-11(16-4-2)7-5-10-6-8-12(14)13(15)9-10/h6,8-9,11,16H,3-5,7H2,1-2H3. The summed E-state index contributed by atoms with van der Waals surface area (Å²) in [4.78, 5) is 0. The average Bonchev–Trinajstić information content (AvgIpc) is 2.28. The van der Waals surface area contributed by atoms with E-state index >= 15 is 0 Å². The number of hydrogen-bond acceptors (Lipinski definition) is 1. The van der Waals surface area contributed by atoms with Crippen molar-refractivity contribution < 1.29 is 4.39 Å². The van der Waals surface area contributed by atoms with Gasteiger partial charge in [0.25, 0.3) is 0 Å². The summed E-state index contributed by atoms with van der Waals surface area (Å²) in [5, 5.41) is 3.61. The maximum absolute atomic E-state index is 13.2. The van der Waals surface area contributed by atoms with Crippen molar-refractivity contribution in [2.75, 3.05) is 6.54 Å². The number of halogens is 2. The van der Waals surface area contributed by atoms with E-state index in [1.54, 1.807) is 6.07 Å². The molecule has 0 spiro atoms. The predicted molar refractivity (Wildman–Crippen MR) is 67.5 cm³/mol. The third kappa shape index (κ3) is 4.11. The molecule has 1 aromatic carbocycles. The molecule has 16 heavy (non-hydrogen) atoms. The molecule has 0 saturated carbocycles. The molecule has 0 aromatic heterocycles. The SMILES string of the molecule is CCNC(CC)CCc1ccc(Cl)c(F)c1. The number of benzene rings is 1. The molecule has 1 rings (SSSR count). The van der Waals surface area contributed by atoms with Crippen molar-refractivity contribution in [3.63, 3.8) is 0 Å². The van der Waals surface area contributed by atoms with Gasteiger partial charge in [0.2, 0.25) is 0 Å². The van der Waals surface area contributed by atoms with E-state index in [9.17, 15) is 4.39 Å². The zero-order chi connectivity index (χ0) is 12.0. The van der Waals surface area contributed by atoms with E-state index in [1.807, 2.05) is 6.07 Å². The van der Waals surface area contributed by atoms with Crippen LogP contribution in [-0.4, -0.2) is 12.6 Å². The van der Waals surface area contributed by atoms with Crippen LogP contribution in [0.4, 0.5) is 4.39 Å². The van der Waals surface area contributed by atoms with Gasteiger partial charge in [-0.1, -0.05) is 31.5 Å². The largest absolute Gasteiger partial charge is 0.314 e. The molecule has 0 aliphatic heterocycles. The Balaban J connectivity index is 2.50. The van der Waals surface area contributed by atoms with Gasteiger partial charge in [-0.25, -0.2) is 4.39 Å². The fraction of sp³-hybridized carbons (Fsp3) is 0.538. The van der Waals surface area contributed by atoms with Crippen LogP contribution in [-0.2, 0) is 6.42 Å². The van der Waals surface area contributed by atoms with Crippen molar-refractivity contribution in [2.45, 2.75) is 39.2 Å². The van der Waals surface area contributed by atoms with Crippen LogP contribution < -0.4 is 5.32 Å². The van der Waals surface area contributed by atoms with Crippen molar-refractivity contribution in [2.24, 2.45) is 0 Å². The number of nitrogens with one attached hydrogen (secondary N) is 1. The van der Waals surface area contributed by atoms with Gasteiger partial charge in [0, 0.05) is 6.04 Å². The van der Waals surface area contributed by atoms with E-state index < -0.39 is 0 Å². The lowest BCUT2D eigenvalue weighted by molar-refractivity contribution is 0.480. The molecule has 1 N–H and O–H groups in total. The first-order valence-electron chi connectivity index (χ1n) is 5.84. The normalized spacial score (nSPS) is 12.8. The summed E-state index contributed by atoms with van der Waals surface area (Å²) in [6.45, 7) is 5.24. The molecule has 0 amide bonds. The van der Waals surface area contributed by atoms with Crippen molar-refractivity contribution in [3.05, 3.63) is 34.6 Å². The summed E-state index contributed by atoms with van der Waals surface area (Å²) < 4.78 is 13.2. The van der Waals surface area contributed by atoms with Crippen LogP contribution >= 0.6 is 11.6 Å². The maximum Gasteiger partial charge on any atom is 0.142 e. The van der Waals surface area contributed by atoms with Gasteiger partial charge >= 0.3 is 0 Å². The van der Waals surface area contributed by atoms with Crippen molar-refractivity contribution in [1.82, 2.24) is 5.32 Å². The Morgan fingerprint density at radius 1 is 1.38 bits per heavy atom. The molecular formula is C13H19ClFN. The quantitative estimate of drug-likeness (QED) is 0.802. The van der Waals surface area contributed by atoms with Gasteiger partial charge in [0.15, 0.2) is 0 Å². The molecule has 1 unspecified atom stereocenters. The Labute approximate surface area is 102 Å². The molecule has 0 bridgehead atoms. The highest BCUT2D eigenvalue weighted by Crippen LogP contribution is 2.17. The highest BCUT2D eigenvalue weighted by atomic mass is 35.5. The van der Waals surface area contributed by atoms with Crippen molar-refractivity contribution in [3.8, 4) is 0 Å². The van der Waals surface area contributed by atoms with E-state index in [0.717, 1.165) is 31.4 Å². The molecule has 0 radical (unpaired) electrons. The van der Waals surface area contributed by atoms with Crippen molar-refractivity contribution >= 4 is 11.6 Å². The van der Waals surface area contributed by atoms with Crippen LogP contribution in [0.15, 0.2) is 18.2 Å². The van der Waals surface area contributed by atoms with Crippen LogP contribution in [0.5, 0.6) is 0 Å². The molecule has 0 saturated heterocycles. The van der Waals surface area contributed by atoms with Gasteiger partial charge < -0.3 is 5.32 Å². The zero-order valence-electron chi connectivity index (χ0n) is 9.89. The molecule has 1 aromatic rings. The first-order valence-corrected chi connectivity index (χ1v) is 6.22. The fourth-order valence-corrected chi connectivity index (χ4v) is 1.89. The molecule has 0 heterocycles. The summed E-state index contributed by atoms with van der Waals surface area (Å²) in [5.74, 6) is -0.323. The smallest absolute Gasteiger partial charge is 0.142 e. The number of aryl methyl sites for hydroxylation is 1. The molecule has 0 aliphatic rings. The topological polar surface area (TPSA) is 12.0 Å². The molecule has 0 fully saturated rings. The molecule has 3 heteroatoms. The Hall–Kier alpha value is -0.600. The van der Waals surface area contributed by atoms with Crippen LogP contribution in [0, 0.1) is 5.82 Å². The van der Waals surface area contributed by atoms with E-state index in [0.29, 0.717) is 6.04 Å². The average molecular weight is 244 g/mol. The Morgan fingerprint density at radius 3 is 2.69 bits per heavy atom. The third-order valence-corrected chi connectivity index (χ3v) is 3.06. The van der Waals surface area contributed by atoms with Gasteiger partial charge in [-0.2, -0.15) is 0 Å². The minimum Gasteiger partial charge on any atom is -0.314 e. The first kappa shape index (κ1) is 13.5. The lowest BCUT2D eigenvalue weighted by Crippen LogP contribution is -2.28. The summed E-state index contributed by atoms with van der Waals surface area (Å²) in [6, 6.07) is 5.56. The van der Waals surface area contributed by atoms with Crippen LogP contribution in [0.1, 0.15) is 32.3 Å². The highest BCUT2D eigenvalue weighted by molar-refractivity contribution is 6.30. The van der Waals surface area contributed by atoms with Gasteiger partial charge in [-0.15, -0.1) is 0 Å². The predicted octanol–water partition coefficient (Wildman–Crippen LogP) is 3.80. The first-order chi connectivity index (χ1) is 7.67. The lowest BCUT2D eigenvalue weighted by Gasteiger charge is -2.15. The molecule has 0 aliphatic carbocycles. The van der Waals surface area contributed by atoms with Crippen LogP contribution in [0.25, 0.3) is 0 Å². The molecule has 1 nitrogen and oxygen atoms in total. The Kier molecular flexibility index (Phi) is 5.78. The van der Waals surface area contributed by atoms with Crippen molar-refractivity contribution in [1.29, 1.82) is 0 Å². The van der Waals surface area contributed by atoms with Gasteiger partial charge in [-0.05, 0) is 43.5 Å². The summed E-state index contributed by atoms with van der Waals surface area (Å²) in [5.41, 5.74) is 1.01. The monoisotopic (exact) mass is 243 g/mol. The van der Waals surface area contributed by atoms with Crippen LogP contribution in [0.3, 0.4) is 0 Å². The van der Waals surface area contributed by atoms with Gasteiger partial charge in [0.1, 0.15) is 5.82 Å². The summed E-state index contributed by atoms with van der Waals surface area (Å²) >= 11 is 5.63. The van der Waals surface area contributed by atoms with E-state index in [1.165, 1.54) is 6.07 Å². The summed E-state index contributed by atoms with van der Waals surface area (Å²) in [6.07, 6.45) is 3.02. The van der Waals surface area contributed by atoms with E-state index in [4.69, 9.17) is 11.6 Å². The second kappa shape index (κ2) is 6.87. The lowest BCUT2D eigenvalue weighted by atomic mass is 10.0. The third-order valence-electron chi connectivity index (χ3n) is 2.75. The van der Waals surface area contributed by atoms with Gasteiger partial charge in [0.05, 0.1) is 5.02 Å². The van der Waals surface area contributed by atoms with E-state index in [2.05, 4.69) is 19.2 Å². The maximum atomic E-state index is 13.2. The summed E-state index contributed by atoms with van der Waals surface area (Å²) in [7, 11) is 0. The molecule has 90 valence electrons. The Morgan fingerprint density at radius 2 is 2.12 bits per heavy atom. The second-order valence-corrected chi connectivity index (χ2v) is 4.36. The van der Waals surface area contributed by atoms with Crippen LogP contribution in [0.2, 0.25) is 5.02 Å². The molecular weight excluding hydrogens is 225 g/mol. The fourth-order valence-electron chi connectivity index (χ4n) is 1.78. The highest BCUT2D eigenvalue weighted by Gasteiger charge is 2.06. The number of hydrogen-bond donors (Lipinski definition) is 1.